The van der Waals surface area contributed by atoms with Gasteiger partial charge in [0.1, 0.15) is 0 Å². The Morgan fingerprint density at radius 2 is 2.00 bits per heavy atom. The number of ether oxygens (including phenoxy) is 3. The lowest BCUT2D eigenvalue weighted by molar-refractivity contribution is -0.132. The minimum Gasteiger partial charge on any atom is -0.490 e. The van der Waals surface area contributed by atoms with E-state index in [4.69, 9.17) is 25.8 Å². The van der Waals surface area contributed by atoms with Crippen molar-refractivity contribution >= 4 is 51.4 Å². The van der Waals surface area contributed by atoms with Crippen molar-refractivity contribution in [3.8, 4) is 11.5 Å². The van der Waals surface area contributed by atoms with Crippen molar-refractivity contribution in [1.29, 1.82) is 0 Å². The number of cyclic esters (lactones) is 1. The molecule has 0 aliphatic carbocycles. The van der Waals surface area contributed by atoms with Gasteiger partial charge in [0.25, 0.3) is 0 Å². The average Bonchev–Trinajstić information content (AvgIpc) is 2.99. The number of benzene rings is 2. The Bertz CT molecular complexity index is 998. The van der Waals surface area contributed by atoms with Crippen LogP contribution in [0, 0.1) is 0 Å². The molecule has 0 fully saturated rings. The van der Waals surface area contributed by atoms with Crippen LogP contribution in [0.3, 0.4) is 0 Å². The summed E-state index contributed by atoms with van der Waals surface area (Å²) in [6, 6.07) is 10.4. The van der Waals surface area contributed by atoms with Crippen LogP contribution in [0.4, 0.5) is 0 Å². The number of hydrogen-bond donors (Lipinski definition) is 0. The predicted octanol–water partition coefficient (Wildman–Crippen LogP) is 4.77. The van der Waals surface area contributed by atoms with Gasteiger partial charge in [-0.05, 0) is 55.0 Å². The molecule has 0 N–H and O–H groups in total. The molecule has 1 aliphatic rings. The zero-order valence-corrected chi connectivity index (χ0v) is 17.3. The van der Waals surface area contributed by atoms with Gasteiger partial charge in [0, 0.05) is 17.0 Å². The van der Waals surface area contributed by atoms with Gasteiger partial charge >= 0.3 is 11.9 Å². The fraction of sp³-hybridized carbons (Fsp3) is 0.150. The number of esters is 2. The summed E-state index contributed by atoms with van der Waals surface area (Å²) in [4.78, 5) is 27.7. The molecule has 0 saturated carbocycles. The second-order valence-corrected chi connectivity index (χ2v) is 7.02. The number of carbonyl (C=O) groups is 2. The molecule has 2 aromatic carbocycles. The van der Waals surface area contributed by atoms with Crippen LogP contribution in [-0.2, 0) is 14.3 Å². The number of nitrogens with zero attached hydrogens (tertiary/aromatic N) is 1. The summed E-state index contributed by atoms with van der Waals surface area (Å²) in [5, 5.41) is 0.177. The largest absolute Gasteiger partial charge is 0.490 e. The maximum Gasteiger partial charge on any atom is 0.363 e. The van der Waals surface area contributed by atoms with Crippen molar-refractivity contribution in [3.05, 3.63) is 62.7 Å². The lowest BCUT2D eigenvalue weighted by Gasteiger charge is -2.12. The van der Waals surface area contributed by atoms with E-state index in [1.54, 1.807) is 31.2 Å². The van der Waals surface area contributed by atoms with Crippen molar-refractivity contribution in [3.63, 3.8) is 0 Å². The molecule has 2 aromatic rings. The summed E-state index contributed by atoms with van der Waals surface area (Å²) < 4.78 is 16.8. The van der Waals surface area contributed by atoms with E-state index in [9.17, 15) is 9.59 Å². The van der Waals surface area contributed by atoms with E-state index in [0.717, 1.165) is 4.47 Å². The number of aliphatic imine (C=N–C) groups is 1. The normalized spacial score (nSPS) is 14.6. The molecular formula is C20H15BrClNO5. The first kappa shape index (κ1) is 20.1. The van der Waals surface area contributed by atoms with Gasteiger partial charge in [-0.25, -0.2) is 9.79 Å². The molecule has 0 amide bonds. The molecule has 0 bridgehead atoms. The van der Waals surface area contributed by atoms with Crippen molar-refractivity contribution < 1.29 is 23.8 Å². The van der Waals surface area contributed by atoms with Crippen LogP contribution in [0.25, 0.3) is 6.08 Å². The van der Waals surface area contributed by atoms with E-state index in [1.165, 1.54) is 13.0 Å². The minimum absolute atomic E-state index is 0.122. The maximum absolute atomic E-state index is 12.2. The third kappa shape index (κ3) is 4.61. The molecule has 0 radical (unpaired) electrons. The summed E-state index contributed by atoms with van der Waals surface area (Å²) in [5.74, 6) is -0.448. The lowest BCUT2D eigenvalue weighted by atomic mass is 10.1. The van der Waals surface area contributed by atoms with Gasteiger partial charge in [-0.15, -0.1) is 0 Å². The molecule has 0 spiro atoms. The summed E-state index contributed by atoms with van der Waals surface area (Å²) in [7, 11) is 0. The van der Waals surface area contributed by atoms with Crippen LogP contribution in [-0.4, -0.2) is 24.4 Å². The zero-order chi connectivity index (χ0) is 20.3. The van der Waals surface area contributed by atoms with Gasteiger partial charge in [-0.2, -0.15) is 0 Å². The lowest BCUT2D eigenvalue weighted by Crippen LogP contribution is -2.05. The van der Waals surface area contributed by atoms with E-state index in [-0.39, 0.29) is 22.4 Å². The van der Waals surface area contributed by atoms with Crippen LogP contribution in [0.2, 0.25) is 5.02 Å². The Kier molecular flexibility index (Phi) is 6.16. The Balaban J connectivity index is 1.96. The monoisotopic (exact) mass is 463 g/mol. The van der Waals surface area contributed by atoms with Crippen molar-refractivity contribution in [2.45, 2.75) is 13.8 Å². The van der Waals surface area contributed by atoms with Gasteiger partial charge in [0.05, 0.1) is 11.6 Å². The van der Waals surface area contributed by atoms with Gasteiger partial charge in [0.15, 0.2) is 17.2 Å². The summed E-state index contributed by atoms with van der Waals surface area (Å²) >= 11 is 9.59. The number of rotatable bonds is 5. The van der Waals surface area contributed by atoms with Gasteiger partial charge in [-0.3, -0.25) is 4.79 Å². The molecule has 0 unspecified atom stereocenters. The molecule has 1 heterocycles. The Labute approximate surface area is 174 Å². The minimum atomic E-state index is -0.573. The van der Waals surface area contributed by atoms with Crippen LogP contribution in [0.5, 0.6) is 11.5 Å². The highest BCUT2D eigenvalue weighted by atomic mass is 79.9. The second kappa shape index (κ2) is 8.58. The molecule has 1 aliphatic heterocycles. The molecule has 144 valence electrons. The van der Waals surface area contributed by atoms with E-state index in [0.29, 0.717) is 23.5 Å². The highest BCUT2D eigenvalue weighted by molar-refractivity contribution is 9.10. The SMILES string of the molecule is CCOc1cc(/C=C2\N=C(c3ccc(Br)cc3)OC2=O)cc(Cl)c1OC(C)=O. The third-order valence-corrected chi connectivity index (χ3v) is 4.40. The summed E-state index contributed by atoms with van der Waals surface area (Å²) in [6.45, 7) is 3.41. The van der Waals surface area contributed by atoms with E-state index in [2.05, 4.69) is 20.9 Å². The smallest absolute Gasteiger partial charge is 0.363 e. The summed E-state index contributed by atoms with van der Waals surface area (Å²) in [5.41, 5.74) is 1.35. The van der Waals surface area contributed by atoms with Gasteiger partial charge < -0.3 is 14.2 Å². The first-order valence-corrected chi connectivity index (χ1v) is 9.47. The Morgan fingerprint density at radius 3 is 2.64 bits per heavy atom. The van der Waals surface area contributed by atoms with Crippen LogP contribution >= 0.6 is 27.5 Å². The number of hydrogen-bond acceptors (Lipinski definition) is 6. The van der Waals surface area contributed by atoms with Crippen LogP contribution in [0.15, 0.2) is 51.6 Å². The maximum atomic E-state index is 12.2. The highest BCUT2D eigenvalue weighted by Gasteiger charge is 2.24. The van der Waals surface area contributed by atoms with E-state index < -0.39 is 11.9 Å². The molecule has 6 nitrogen and oxygen atoms in total. The number of halogens is 2. The molecule has 28 heavy (non-hydrogen) atoms. The van der Waals surface area contributed by atoms with E-state index >= 15 is 0 Å². The summed E-state index contributed by atoms with van der Waals surface area (Å²) in [6.07, 6.45) is 1.53. The standard InChI is InChI=1S/C20H15BrClNO5/c1-3-26-17-10-12(8-15(22)18(17)27-11(2)24)9-16-20(25)28-19(23-16)13-4-6-14(21)7-5-13/h4-10H,3H2,1-2H3/b16-9-. The topological polar surface area (TPSA) is 74.2 Å². The van der Waals surface area contributed by atoms with Gasteiger partial charge in [0.2, 0.25) is 5.90 Å². The van der Waals surface area contributed by atoms with Crippen molar-refractivity contribution in [2.75, 3.05) is 6.61 Å². The molecule has 8 heteroatoms. The predicted molar refractivity (Wildman–Crippen MR) is 109 cm³/mol. The molecular weight excluding hydrogens is 450 g/mol. The molecule has 0 saturated heterocycles. The van der Waals surface area contributed by atoms with E-state index in [1.807, 2.05) is 12.1 Å². The second-order valence-electron chi connectivity index (χ2n) is 5.70. The quantitative estimate of drug-likeness (QED) is 0.362. The zero-order valence-electron chi connectivity index (χ0n) is 15.0. The molecule has 0 atom stereocenters. The third-order valence-electron chi connectivity index (χ3n) is 3.59. The Hall–Kier alpha value is -2.64. The van der Waals surface area contributed by atoms with Crippen molar-refractivity contribution in [2.24, 2.45) is 4.99 Å². The van der Waals surface area contributed by atoms with Crippen LogP contribution in [0.1, 0.15) is 25.0 Å². The fourth-order valence-corrected chi connectivity index (χ4v) is 2.98. The fourth-order valence-electron chi connectivity index (χ4n) is 2.46. The molecule has 3 rings (SSSR count). The first-order chi connectivity index (χ1) is 13.4. The Morgan fingerprint density at radius 1 is 1.29 bits per heavy atom. The van der Waals surface area contributed by atoms with Gasteiger partial charge in [-0.1, -0.05) is 27.5 Å². The van der Waals surface area contributed by atoms with Crippen LogP contribution < -0.4 is 9.47 Å². The average molecular weight is 465 g/mol. The first-order valence-electron chi connectivity index (χ1n) is 8.30. The highest BCUT2D eigenvalue weighted by Crippen LogP contribution is 2.37. The molecule has 0 aromatic heterocycles. The van der Waals surface area contributed by atoms with Crippen molar-refractivity contribution in [1.82, 2.24) is 0 Å². The number of carbonyl (C=O) groups excluding carboxylic acids is 2.